The first kappa shape index (κ1) is 19.3. The summed E-state index contributed by atoms with van der Waals surface area (Å²) in [5.74, 6) is 1.92. The lowest BCUT2D eigenvalue weighted by molar-refractivity contribution is 0.0304. The van der Waals surface area contributed by atoms with E-state index >= 15 is 0 Å². The Bertz CT molecular complexity index is 822. The molecule has 3 fully saturated rings. The molecule has 0 radical (unpaired) electrons. The SMILES string of the molecule is Cc1nc(-c2cccs2)cc([C@H]2CN3CC[C@H]2C[C@@H]3CNC(=O)NC(C)C)n1. The minimum Gasteiger partial charge on any atom is -0.337 e. The molecule has 1 unspecified atom stereocenters. The molecule has 7 heteroatoms. The van der Waals surface area contributed by atoms with Gasteiger partial charge in [0.2, 0.25) is 0 Å². The quantitative estimate of drug-likeness (QED) is 0.808. The lowest BCUT2D eigenvalue weighted by atomic mass is 9.74. The number of urea groups is 1. The summed E-state index contributed by atoms with van der Waals surface area (Å²) in [5, 5.41) is 8.04. The van der Waals surface area contributed by atoms with Crippen LogP contribution in [0.1, 0.15) is 44.1 Å². The van der Waals surface area contributed by atoms with E-state index < -0.39 is 0 Å². The summed E-state index contributed by atoms with van der Waals surface area (Å²) in [4.78, 5) is 25.1. The van der Waals surface area contributed by atoms with Gasteiger partial charge in [-0.2, -0.15) is 0 Å². The van der Waals surface area contributed by atoms with Crippen molar-refractivity contribution in [2.75, 3.05) is 19.6 Å². The molecule has 3 aliphatic heterocycles. The summed E-state index contributed by atoms with van der Waals surface area (Å²) in [7, 11) is 0. The third kappa shape index (κ3) is 4.20. The average molecular weight is 400 g/mol. The van der Waals surface area contributed by atoms with Crippen LogP contribution in [-0.4, -0.2) is 52.6 Å². The molecule has 150 valence electrons. The number of thiophene rings is 1. The van der Waals surface area contributed by atoms with Gasteiger partial charge in [-0.3, -0.25) is 4.90 Å². The Kier molecular flexibility index (Phi) is 5.64. The number of nitrogens with zero attached hydrogens (tertiary/aromatic N) is 3. The van der Waals surface area contributed by atoms with Crippen molar-refractivity contribution in [2.45, 2.75) is 51.6 Å². The number of hydrogen-bond donors (Lipinski definition) is 2. The molecule has 0 saturated carbocycles. The number of rotatable bonds is 5. The molecule has 5 rings (SSSR count). The van der Waals surface area contributed by atoms with E-state index in [0.717, 1.165) is 31.0 Å². The van der Waals surface area contributed by atoms with E-state index in [9.17, 15) is 4.79 Å². The summed E-state index contributed by atoms with van der Waals surface area (Å²) in [6.45, 7) is 8.78. The number of piperidine rings is 3. The highest BCUT2D eigenvalue weighted by molar-refractivity contribution is 7.13. The smallest absolute Gasteiger partial charge is 0.315 e. The largest absolute Gasteiger partial charge is 0.337 e. The first-order valence-electron chi connectivity index (χ1n) is 10.2. The molecule has 2 aromatic rings. The second-order valence-corrected chi connectivity index (χ2v) is 9.20. The molecule has 0 aromatic carbocycles. The maximum atomic E-state index is 11.9. The predicted molar refractivity (Wildman–Crippen MR) is 113 cm³/mol. The monoisotopic (exact) mass is 399 g/mol. The highest BCUT2D eigenvalue weighted by atomic mass is 32.1. The molecule has 0 aliphatic carbocycles. The molecule has 2 N–H and O–H groups in total. The van der Waals surface area contributed by atoms with E-state index in [2.05, 4.69) is 44.1 Å². The number of nitrogens with one attached hydrogen (secondary N) is 2. The minimum atomic E-state index is -0.0683. The van der Waals surface area contributed by atoms with Crippen LogP contribution in [0.5, 0.6) is 0 Å². The van der Waals surface area contributed by atoms with Gasteiger partial charge in [-0.05, 0) is 63.6 Å². The Labute approximate surface area is 170 Å². The molecule has 6 nitrogen and oxygen atoms in total. The number of aryl methyl sites for hydroxylation is 1. The summed E-state index contributed by atoms with van der Waals surface area (Å²) in [6, 6.07) is 6.89. The van der Waals surface area contributed by atoms with E-state index in [4.69, 9.17) is 4.98 Å². The Hall–Kier alpha value is -1.99. The highest BCUT2D eigenvalue weighted by Crippen LogP contribution is 2.41. The molecule has 3 saturated heterocycles. The van der Waals surface area contributed by atoms with Crippen molar-refractivity contribution in [2.24, 2.45) is 5.92 Å². The van der Waals surface area contributed by atoms with Crippen LogP contribution in [0.4, 0.5) is 4.79 Å². The number of carbonyl (C=O) groups excluding carboxylic acids is 1. The van der Waals surface area contributed by atoms with Crippen LogP contribution >= 0.6 is 11.3 Å². The van der Waals surface area contributed by atoms with Crippen LogP contribution in [0.3, 0.4) is 0 Å². The zero-order valence-corrected chi connectivity index (χ0v) is 17.6. The fraction of sp³-hybridized carbons (Fsp3) is 0.571. The van der Waals surface area contributed by atoms with Crippen molar-refractivity contribution in [3.8, 4) is 10.6 Å². The van der Waals surface area contributed by atoms with Crippen LogP contribution in [0.15, 0.2) is 23.6 Å². The summed E-state index contributed by atoms with van der Waals surface area (Å²) < 4.78 is 0. The fourth-order valence-corrected chi connectivity index (χ4v) is 5.23. The Balaban J connectivity index is 1.44. The van der Waals surface area contributed by atoms with Crippen molar-refractivity contribution in [3.05, 3.63) is 35.1 Å². The van der Waals surface area contributed by atoms with Gasteiger partial charge in [-0.1, -0.05) is 6.07 Å². The molecule has 5 heterocycles. The molecule has 2 amide bonds. The van der Waals surface area contributed by atoms with Gasteiger partial charge in [0.15, 0.2) is 0 Å². The molecule has 28 heavy (non-hydrogen) atoms. The predicted octanol–water partition coefficient (Wildman–Crippen LogP) is 3.40. The van der Waals surface area contributed by atoms with Crippen LogP contribution in [-0.2, 0) is 0 Å². The van der Waals surface area contributed by atoms with Gasteiger partial charge in [0.1, 0.15) is 5.82 Å². The minimum absolute atomic E-state index is 0.0683. The Morgan fingerprint density at radius 1 is 1.39 bits per heavy atom. The van der Waals surface area contributed by atoms with Crippen LogP contribution in [0.2, 0.25) is 0 Å². The zero-order valence-electron chi connectivity index (χ0n) is 16.8. The van der Waals surface area contributed by atoms with E-state index in [1.54, 1.807) is 11.3 Å². The summed E-state index contributed by atoms with van der Waals surface area (Å²) in [6.07, 6.45) is 2.32. The van der Waals surface area contributed by atoms with Gasteiger partial charge in [-0.25, -0.2) is 14.8 Å². The van der Waals surface area contributed by atoms with Gasteiger partial charge >= 0.3 is 6.03 Å². The van der Waals surface area contributed by atoms with Crippen molar-refractivity contribution in [1.82, 2.24) is 25.5 Å². The van der Waals surface area contributed by atoms with Crippen molar-refractivity contribution < 1.29 is 4.79 Å². The number of fused-ring (bicyclic) bond motifs is 3. The van der Waals surface area contributed by atoms with Crippen LogP contribution in [0.25, 0.3) is 10.6 Å². The molecule has 2 aromatic heterocycles. The fourth-order valence-electron chi connectivity index (χ4n) is 4.54. The van der Waals surface area contributed by atoms with Crippen molar-refractivity contribution in [3.63, 3.8) is 0 Å². The maximum absolute atomic E-state index is 11.9. The van der Waals surface area contributed by atoms with Gasteiger partial charge < -0.3 is 10.6 Å². The summed E-state index contributed by atoms with van der Waals surface area (Å²) in [5.41, 5.74) is 2.21. The Morgan fingerprint density at radius 2 is 2.25 bits per heavy atom. The van der Waals surface area contributed by atoms with E-state index in [0.29, 0.717) is 24.4 Å². The zero-order chi connectivity index (χ0) is 19.7. The number of amides is 2. The van der Waals surface area contributed by atoms with E-state index in [1.807, 2.05) is 20.8 Å². The second kappa shape index (κ2) is 8.17. The average Bonchev–Trinajstić information content (AvgIpc) is 3.20. The van der Waals surface area contributed by atoms with Crippen LogP contribution in [0, 0.1) is 12.8 Å². The number of hydrogen-bond acceptors (Lipinski definition) is 5. The van der Waals surface area contributed by atoms with Crippen molar-refractivity contribution >= 4 is 17.4 Å². The topological polar surface area (TPSA) is 70.2 Å². The number of carbonyl (C=O) groups is 1. The molecular weight excluding hydrogens is 370 g/mol. The van der Waals surface area contributed by atoms with Crippen LogP contribution < -0.4 is 10.6 Å². The van der Waals surface area contributed by atoms with Gasteiger partial charge in [0.25, 0.3) is 0 Å². The lowest BCUT2D eigenvalue weighted by Crippen LogP contribution is -2.57. The van der Waals surface area contributed by atoms with Gasteiger partial charge in [-0.15, -0.1) is 11.3 Å². The lowest BCUT2D eigenvalue weighted by Gasteiger charge is -2.49. The third-order valence-electron chi connectivity index (χ3n) is 5.81. The molecule has 0 spiro atoms. The highest BCUT2D eigenvalue weighted by Gasteiger charge is 2.41. The molecule has 3 aliphatic rings. The first-order chi connectivity index (χ1) is 13.5. The normalized spacial score (nSPS) is 26.4. The van der Waals surface area contributed by atoms with E-state index in [1.165, 1.54) is 17.0 Å². The van der Waals surface area contributed by atoms with Crippen molar-refractivity contribution in [1.29, 1.82) is 0 Å². The van der Waals surface area contributed by atoms with Gasteiger partial charge in [0, 0.05) is 36.8 Å². The third-order valence-corrected chi connectivity index (χ3v) is 6.70. The van der Waals surface area contributed by atoms with Gasteiger partial charge in [0.05, 0.1) is 10.6 Å². The Morgan fingerprint density at radius 3 is 2.93 bits per heavy atom. The maximum Gasteiger partial charge on any atom is 0.315 e. The number of aromatic nitrogens is 2. The first-order valence-corrected chi connectivity index (χ1v) is 11.1. The standard InChI is InChI=1S/C21H29N5OS/c1-13(2)23-21(27)22-11-16-9-15-6-7-26(16)12-17(15)18-10-19(25-14(3)24-18)20-5-4-8-28-20/h4-5,8,10,13,15-17H,6-7,9,11-12H2,1-3H3,(H2,22,23,27)/t15-,16+,17-/m0/s1. The summed E-state index contributed by atoms with van der Waals surface area (Å²) >= 11 is 1.72. The second-order valence-electron chi connectivity index (χ2n) is 8.25. The molecular formula is C21H29N5OS. The van der Waals surface area contributed by atoms with E-state index in [-0.39, 0.29) is 12.1 Å². The molecule has 4 atom stereocenters. The molecule has 2 bridgehead atoms.